The lowest BCUT2D eigenvalue weighted by atomic mass is 10.2. The van der Waals surface area contributed by atoms with Crippen molar-refractivity contribution in [3.05, 3.63) is 24.0 Å². The minimum Gasteiger partial charge on any atom is -0.345 e. The van der Waals surface area contributed by atoms with Gasteiger partial charge in [-0.3, -0.25) is 4.79 Å². The van der Waals surface area contributed by atoms with Crippen LogP contribution in [0.5, 0.6) is 0 Å². The van der Waals surface area contributed by atoms with Gasteiger partial charge in [0.15, 0.2) is 5.78 Å². The molecule has 0 saturated carbocycles. The number of rotatable bonds is 5. The molecule has 0 atom stereocenters. The lowest BCUT2D eigenvalue weighted by Crippen LogP contribution is -2.05. The maximum atomic E-state index is 11.1. The van der Waals surface area contributed by atoms with Gasteiger partial charge in [0, 0.05) is 19.7 Å². The van der Waals surface area contributed by atoms with Crippen LogP contribution in [0.25, 0.3) is 0 Å². The highest BCUT2D eigenvalue weighted by molar-refractivity contribution is 5.92. The van der Waals surface area contributed by atoms with E-state index in [0.717, 1.165) is 18.7 Å². The van der Waals surface area contributed by atoms with Crippen LogP contribution in [0.1, 0.15) is 43.6 Å². The highest BCUT2D eigenvalue weighted by Gasteiger charge is 2.03. The normalized spacial score (nSPS) is 10.3. The van der Waals surface area contributed by atoms with Crippen LogP contribution in [0.2, 0.25) is 0 Å². The van der Waals surface area contributed by atoms with E-state index in [4.69, 9.17) is 0 Å². The molecule has 1 aromatic heterocycles. The summed E-state index contributed by atoms with van der Waals surface area (Å²) >= 11 is 0. The Bertz CT molecular complexity index is 275. The van der Waals surface area contributed by atoms with Crippen molar-refractivity contribution in [3.8, 4) is 0 Å². The Hall–Kier alpha value is -1.05. The molecule has 13 heavy (non-hydrogen) atoms. The summed E-state index contributed by atoms with van der Waals surface area (Å²) in [4.78, 5) is 11.1. The van der Waals surface area contributed by atoms with Gasteiger partial charge < -0.3 is 4.57 Å². The standard InChI is InChI=1S/C11H17NO/c1-3-4-5-8-12-9-6-7-11(12)10(2)13/h6-7,9H,3-5,8H2,1-2H3. The van der Waals surface area contributed by atoms with Crippen LogP contribution in [-0.4, -0.2) is 10.4 Å². The number of aromatic nitrogens is 1. The lowest BCUT2D eigenvalue weighted by Gasteiger charge is -2.05. The molecule has 0 amide bonds. The van der Waals surface area contributed by atoms with E-state index in [2.05, 4.69) is 6.92 Å². The predicted octanol–water partition coefficient (Wildman–Crippen LogP) is 2.88. The molecular formula is C11H17NO. The zero-order valence-corrected chi connectivity index (χ0v) is 8.42. The number of Topliss-reactive ketones (excluding diaryl/α,β-unsaturated/α-hetero) is 1. The van der Waals surface area contributed by atoms with Gasteiger partial charge in [-0.25, -0.2) is 0 Å². The molecule has 1 aromatic rings. The van der Waals surface area contributed by atoms with Crippen LogP contribution in [0.4, 0.5) is 0 Å². The molecule has 0 bridgehead atoms. The first-order chi connectivity index (χ1) is 6.25. The fourth-order valence-electron chi connectivity index (χ4n) is 1.46. The first-order valence-corrected chi connectivity index (χ1v) is 4.91. The molecule has 0 aliphatic carbocycles. The van der Waals surface area contributed by atoms with Crippen molar-refractivity contribution in [1.82, 2.24) is 4.57 Å². The molecule has 1 heterocycles. The van der Waals surface area contributed by atoms with Gasteiger partial charge in [0.05, 0.1) is 5.69 Å². The summed E-state index contributed by atoms with van der Waals surface area (Å²) in [7, 11) is 0. The number of carbonyl (C=O) groups is 1. The van der Waals surface area contributed by atoms with Crippen LogP contribution in [0.3, 0.4) is 0 Å². The third-order valence-electron chi connectivity index (χ3n) is 2.19. The van der Waals surface area contributed by atoms with E-state index in [0.29, 0.717) is 0 Å². The van der Waals surface area contributed by atoms with Crippen molar-refractivity contribution in [2.45, 2.75) is 39.7 Å². The van der Waals surface area contributed by atoms with Crippen LogP contribution >= 0.6 is 0 Å². The van der Waals surface area contributed by atoms with Crippen LogP contribution in [0, 0.1) is 0 Å². The molecule has 0 unspecified atom stereocenters. The van der Waals surface area contributed by atoms with Gasteiger partial charge in [0.2, 0.25) is 0 Å². The molecule has 0 aliphatic rings. The largest absolute Gasteiger partial charge is 0.345 e. The Morgan fingerprint density at radius 3 is 2.85 bits per heavy atom. The lowest BCUT2D eigenvalue weighted by molar-refractivity contribution is 0.100. The average Bonchev–Trinajstić information content (AvgIpc) is 2.53. The molecule has 0 aromatic carbocycles. The van der Waals surface area contributed by atoms with E-state index in [9.17, 15) is 4.79 Å². The summed E-state index contributed by atoms with van der Waals surface area (Å²) in [6.45, 7) is 4.77. The molecule has 1 rings (SSSR count). The summed E-state index contributed by atoms with van der Waals surface area (Å²) in [6, 6.07) is 3.82. The van der Waals surface area contributed by atoms with Gasteiger partial charge in [-0.15, -0.1) is 0 Å². The van der Waals surface area contributed by atoms with Crippen LogP contribution in [-0.2, 0) is 6.54 Å². The first-order valence-electron chi connectivity index (χ1n) is 4.91. The molecule has 0 spiro atoms. The first kappa shape index (κ1) is 10.0. The molecule has 0 radical (unpaired) electrons. The molecule has 2 heteroatoms. The zero-order chi connectivity index (χ0) is 9.68. The fraction of sp³-hybridized carbons (Fsp3) is 0.545. The molecule has 0 N–H and O–H groups in total. The Morgan fingerprint density at radius 1 is 1.46 bits per heavy atom. The van der Waals surface area contributed by atoms with E-state index in [1.54, 1.807) is 6.92 Å². The molecule has 2 nitrogen and oxygen atoms in total. The minimum atomic E-state index is 0.154. The van der Waals surface area contributed by atoms with E-state index in [1.807, 2.05) is 22.9 Å². The molecular weight excluding hydrogens is 162 g/mol. The van der Waals surface area contributed by atoms with Crippen molar-refractivity contribution < 1.29 is 4.79 Å². The summed E-state index contributed by atoms with van der Waals surface area (Å²) in [5.41, 5.74) is 0.830. The summed E-state index contributed by atoms with van der Waals surface area (Å²) < 4.78 is 2.04. The Morgan fingerprint density at radius 2 is 2.23 bits per heavy atom. The number of ketones is 1. The number of unbranched alkanes of at least 4 members (excludes halogenated alkanes) is 2. The van der Waals surface area contributed by atoms with Crippen molar-refractivity contribution in [2.24, 2.45) is 0 Å². The summed E-state index contributed by atoms with van der Waals surface area (Å²) in [6.07, 6.45) is 5.59. The second-order valence-electron chi connectivity index (χ2n) is 3.35. The third kappa shape index (κ3) is 2.72. The molecule has 0 aliphatic heterocycles. The van der Waals surface area contributed by atoms with Gasteiger partial charge in [-0.2, -0.15) is 0 Å². The number of hydrogen-bond donors (Lipinski definition) is 0. The highest BCUT2D eigenvalue weighted by atomic mass is 16.1. The Labute approximate surface area is 79.6 Å². The number of carbonyl (C=O) groups excluding carboxylic acids is 1. The van der Waals surface area contributed by atoms with Gasteiger partial charge >= 0.3 is 0 Å². The van der Waals surface area contributed by atoms with Gasteiger partial charge in [-0.1, -0.05) is 19.8 Å². The van der Waals surface area contributed by atoms with Crippen molar-refractivity contribution in [3.63, 3.8) is 0 Å². The third-order valence-corrected chi connectivity index (χ3v) is 2.19. The van der Waals surface area contributed by atoms with E-state index in [-0.39, 0.29) is 5.78 Å². The van der Waals surface area contributed by atoms with Gasteiger partial charge in [0.1, 0.15) is 0 Å². The topological polar surface area (TPSA) is 22.0 Å². The molecule has 0 saturated heterocycles. The Kier molecular flexibility index (Phi) is 3.74. The summed E-state index contributed by atoms with van der Waals surface area (Å²) in [5.74, 6) is 0.154. The Balaban J connectivity index is 2.55. The number of hydrogen-bond acceptors (Lipinski definition) is 1. The highest BCUT2D eigenvalue weighted by Crippen LogP contribution is 2.06. The minimum absolute atomic E-state index is 0.154. The fourth-order valence-corrected chi connectivity index (χ4v) is 1.46. The summed E-state index contributed by atoms with van der Waals surface area (Å²) in [5, 5.41) is 0. The number of nitrogens with zero attached hydrogens (tertiary/aromatic N) is 1. The van der Waals surface area contributed by atoms with Crippen LogP contribution < -0.4 is 0 Å². The molecule has 72 valence electrons. The molecule has 0 fully saturated rings. The smallest absolute Gasteiger partial charge is 0.176 e. The zero-order valence-electron chi connectivity index (χ0n) is 8.42. The van der Waals surface area contributed by atoms with Crippen molar-refractivity contribution >= 4 is 5.78 Å². The second kappa shape index (κ2) is 4.85. The second-order valence-corrected chi connectivity index (χ2v) is 3.35. The van der Waals surface area contributed by atoms with Gasteiger partial charge in [-0.05, 0) is 18.6 Å². The van der Waals surface area contributed by atoms with Gasteiger partial charge in [0.25, 0.3) is 0 Å². The average molecular weight is 179 g/mol. The van der Waals surface area contributed by atoms with Crippen LogP contribution in [0.15, 0.2) is 18.3 Å². The monoisotopic (exact) mass is 179 g/mol. The maximum absolute atomic E-state index is 11.1. The van der Waals surface area contributed by atoms with E-state index >= 15 is 0 Å². The van der Waals surface area contributed by atoms with E-state index < -0.39 is 0 Å². The number of aryl methyl sites for hydroxylation is 1. The quantitative estimate of drug-likeness (QED) is 0.503. The maximum Gasteiger partial charge on any atom is 0.176 e. The van der Waals surface area contributed by atoms with Crippen molar-refractivity contribution in [1.29, 1.82) is 0 Å². The SMILES string of the molecule is CCCCCn1cccc1C(C)=O. The van der Waals surface area contributed by atoms with Crippen molar-refractivity contribution in [2.75, 3.05) is 0 Å². The predicted molar refractivity (Wildman–Crippen MR) is 54.0 cm³/mol. The van der Waals surface area contributed by atoms with E-state index in [1.165, 1.54) is 12.8 Å².